The van der Waals surface area contributed by atoms with Gasteiger partial charge in [0.25, 0.3) is 0 Å². The van der Waals surface area contributed by atoms with E-state index in [4.69, 9.17) is 0 Å². The minimum absolute atomic E-state index is 0.269. The van der Waals surface area contributed by atoms with Crippen LogP contribution < -0.4 is 5.32 Å². The molecular formula is C14H21F3N2S. The summed E-state index contributed by atoms with van der Waals surface area (Å²) in [6.45, 7) is 5.29. The van der Waals surface area contributed by atoms with Gasteiger partial charge in [-0.15, -0.1) is 11.3 Å². The predicted octanol–water partition coefficient (Wildman–Crippen LogP) is 3.59. The van der Waals surface area contributed by atoms with Gasteiger partial charge >= 0.3 is 6.18 Å². The molecule has 0 bridgehead atoms. The molecule has 2 rings (SSSR count). The minimum atomic E-state index is -4.08. The molecule has 0 radical (unpaired) electrons. The van der Waals surface area contributed by atoms with Crippen molar-refractivity contribution in [3.8, 4) is 0 Å². The quantitative estimate of drug-likeness (QED) is 0.894. The van der Waals surface area contributed by atoms with Gasteiger partial charge in [0.15, 0.2) is 0 Å². The zero-order valence-corrected chi connectivity index (χ0v) is 12.7. The molecule has 1 aliphatic heterocycles. The summed E-state index contributed by atoms with van der Waals surface area (Å²) in [6, 6.07) is 4.48. The summed E-state index contributed by atoms with van der Waals surface area (Å²) in [4.78, 5) is 4.07. The Balaban J connectivity index is 1.73. The van der Waals surface area contributed by atoms with Crippen LogP contribution >= 0.6 is 11.3 Å². The summed E-state index contributed by atoms with van der Waals surface area (Å²) < 4.78 is 36.9. The largest absolute Gasteiger partial charge is 0.401 e. The van der Waals surface area contributed by atoms with Gasteiger partial charge in [-0.25, -0.2) is 0 Å². The highest BCUT2D eigenvalue weighted by atomic mass is 32.1. The Morgan fingerprint density at radius 3 is 2.80 bits per heavy atom. The lowest BCUT2D eigenvalue weighted by Gasteiger charge is -2.19. The van der Waals surface area contributed by atoms with Crippen molar-refractivity contribution >= 4 is 11.3 Å². The summed E-state index contributed by atoms with van der Waals surface area (Å²) in [5.41, 5.74) is 0. The maximum atomic E-state index is 12.3. The number of halogens is 3. The number of alkyl halides is 3. The molecule has 20 heavy (non-hydrogen) atoms. The molecule has 1 saturated heterocycles. The first-order valence-electron chi connectivity index (χ1n) is 6.92. The van der Waals surface area contributed by atoms with Crippen molar-refractivity contribution in [2.75, 3.05) is 26.2 Å². The summed E-state index contributed by atoms with van der Waals surface area (Å²) in [6.07, 6.45) is -3.23. The summed E-state index contributed by atoms with van der Waals surface area (Å²) in [5.74, 6) is 0.320. The van der Waals surface area contributed by atoms with Crippen molar-refractivity contribution < 1.29 is 13.2 Å². The predicted molar refractivity (Wildman–Crippen MR) is 76.1 cm³/mol. The third kappa shape index (κ3) is 4.75. The Morgan fingerprint density at radius 1 is 1.45 bits per heavy atom. The molecule has 2 heterocycles. The lowest BCUT2D eigenvalue weighted by atomic mass is 10.1. The monoisotopic (exact) mass is 306 g/mol. The Kier molecular flexibility index (Phi) is 5.09. The van der Waals surface area contributed by atoms with E-state index in [1.165, 1.54) is 14.7 Å². The molecule has 1 aromatic rings. The van der Waals surface area contributed by atoms with Crippen molar-refractivity contribution in [1.29, 1.82) is 0 Å². The number of aryl methyl sites for hydroxylation is 1. The van der Waals surface area contributed by atoms with E-state index in [0.717, 1.165) is 13.0 Å². The van der Waals surface area contributed by atoms with E-state index in [0.29, 0.717) is 19.0 Å². The number of likely N-dealkylation sites (tertiary alicyclic amines) is 1. The van der Waals surface area contributed by atoms with E-state index < -0.39 is 12.7 Å². The first-order chi connectivity index (χ1) is 9.33. The molecule has 2 nitrogen and oxygen atoms in total. The molecule has 0 aromatic carbocycles. The van der Waals surface area contributed by atoms with Gasteiger partial charge < -0.3 is 5.32 Å². The van der Waals surface area contributed by atoms with Gasteiger partial charge in [-0.1, -0.05) is 0 Å². The van der Waals surface area contributed by atoms with Crippen LogP contribution in [0.5, 0.6) is 0 Å². The van der Waals surface area contributed by atoms with Crippen molar-refractivity contribution in [3.63, 3.8) is 0 Å². The van der Waals surface area contributed by atoms with E-state index in [1.54, 1.807) is 11.3 Å². The second-order valence-corrected chi connectivity index (χ2v) is 6.90. The number of rotatable bonds is 5. The molecule has 0 spiro atoms. The van der Waals surface area contributed by atoms with Gasteiger partial charge in [0.05, 0.1) is 6.54 Å². The lowest BCUT2D eigenvalue weighted by Crippen LogP contribution is -2.34. The number of thiophene rings is 1. The molecule has 0 amide bonds. The first kappa shape index (κ1) is 15.8. The smallest absolute Gasteiger partial charge is 0.309 e. The van der Waals surface area contributed by atoms with Crippen LogP contribution in [0.1, 0.15) is 29.1 Å². The van der Waals surface area contributed by atoms with Gasteiger partial charge in [0.1, 0.15) is 0 Å². The Labute approximate surface area is 122 Å². The molecule has 2 unspecified atom stereocenters. The fourth-order valence-electron chi connectivity index (χ4n) is 2.61. The molecule has 2 atom stereocenters. The Morgan fingerprint density at radius 2 is 2.20 bits per heavy atom. The van der Waals surface area contributed by atoms with E-state index in [9.17, 15) is 13.2 Å². The molecule has 1 aromatic heterocycles. The highest BCUT2D eigenvalue weighted by Gasteiger charge is 2.34. The Bertz CT molecular complexity index is 430. The number of nitrogens with zero attached hydrogens (tertiary/aromatic N) is 1. The second-order valence-electron chi connectivity index (χ2n) is 5.58. The van der Waals surface area contributed by atoms with Crippen LogP contribution in [0, 0.1) is 12.8 Å². The van der Waals surface area contributed by atoms with Gasteiger partial charge in [-0.05, 0) is 51.4 Å². The summed E-state index contributed by atoms with van der Waals surface area (Å²) >= 11 is 1.77. The van der Waals surface area contributed by atoms with E-state index in [1.807, 2.05) is 0 Å². The van der Waals surface area contributed by atoms with E-state index in [-0.39, 0.29) is 6.04 Å². The second kappa shape index (κ2) is 6.45. The van der Waals surface area contributed by atoms with Crippen molar-refractivity contribution in [3.05, 3.63) is 21.9 Å². The SMILES string of the molecule is Cc1ccc(C(C)NCC2CCN(CC(F)(F)F)C2)s1. The maximum Gasteiger partial charge on any atom is 0.401 e. The lowest BCUT2D eigenvalue weighted by molar-refractivity contribution is -0.143. The zero-order valence-electron chi connectivity index (χ0n) is 11.8. The third-order valence-corrected chi connectivity index (χ3v) is 4.86. The maximum absolute atomic E-state index is 12.3. The molecule has 0 aliphatic carbocycles. The fourth-order valence-corrected chi connectivity index (χ4v) is 3.51. The number of hydrogen-bond acceptors (Lipinski definition) is 3. The highest BCUT2D eigenvalue weighted by Crippen LogP contribution is 2.25. The topological polar surface area (TPSA) is 15.3 Å². The van der Waals surface area contributed by atoms with Gasteiger partial charge in [-0.3, -0.25) is 4.90 Å². The molecule has 1 fully saturated rings. The molecule has 0 saturated carbocycles. The molecule has 114 valence electrons. The normalized spacial score (nSPS) is 22.4. The molecule has 1 aliphatic rings. The highest BCUT2D eigenvalue weighted by molar-refractivity contribution is 7.12. The third-order valence-electron chi connectivity index (χ3n) is 3.67. The summed E-state index contributed by atoms with van der Waals surface area (Å²) in [5, 5.41) is 3.44. The van der Waals surface area contributed by atoms with Crippen molar-refractivity contribution in [1.82, 2.24) is 10.2 Å². The van der Waals surface area contributed by atoms with E-state index in [2.05, 4.69) is 31.3 Å². The van der Waals surface area contributed by atoms with Crippen molar-refractivity contribution in [2.24, 2.45) is 5.92 Å². The van der Waals surface area contributed by atoms with Crippen molar-refractivity contribution in [2.45, 2.75) is 32.5 Å². The van der Waals surface area contributed by atoms with Crippen LogP contribution in [0.3, 0.4) is 0 Å². The minimum Gasteiger partial charge on any atom is -0.309 e. The van der Waals surface area contributed by atoms with Gasteiger partial charge in [-0.2, -0.15) is 13.2 Å². The van der Waals surface area contributed by atoms with Crippen LogP contribution in [0.25, 0.3) is 0 Å². The summed E-state index contributed by atoms with van der Waals surface area (Å²) in [7, 11) is 0. The molecule has 6 heteroatoms. The van der Waals surface area contributed by atoms with Gasteiger partial charge in [0.2, 0.25) is 0 Å². The zero-order chi connectivity index (χ0) is 14.8. The molecule has 1 N–H and O–H groups in total. The Hall–Kier alpha value is -0.590. The average molecular weight is 306 g/mol. The first-order valence-corrected chi connectivity index (χ1v) is 7.74. The van der Waals surface area contributed by atoms with Crippen LogP contribution in [0.15, 0.2) is 12.1 Å². The fraction of sp³-hybridized carbons (Fsp3) is 0.714. The van der Waals surface area contributed by atoms with Crippen LogP contribution in [0.4, 0.5) is 13.2 Å². The molecular weight excluding hydrogens is 285 g/mol. The number of nitrogens with one attached hydrogen (secondary N) is 1. The average Bonchev–Trinajstić information content (AvgIpc) is 2.93. The van der Waals surface area contributed by atoms with Crippen LogP contribution in [-0.2, 0) is 0 Å². The number of hydrogen-bond donors (Lipinski definition) is 1. The van der Waals surface area contributed by atoms with Crippen LogP contribution in [-0.4, -0.2) is 37.3 Å². The van der Waals surface area contributed by atoms with E-state index >= 15 is 0 Å². The van der Waals surface area contributed by atoms with Crippen LogP contribution in [0.2, 0.25) is 0 Å². The van der Waals surface area contributed by atoms with Gasteiger partial charge in [0, 0.05) is 22.3 Å². The standard InChI is InChI=1S/C14H21F3N2S/c1-10-3-4-13(20-10)11(2)18-7-12-5-6-19(8-12)9-14(15,16)17/h3-4,11-12,18H,5-9H2,1-2H3.